The van der Waals surface area contributed by atoms with E-state index >= 15 is 0 Å². The zero-order valence-corrected chi connectivity index (χ0v) is 9.80. The molecule has 92 valence electrons. The van der Waals surface area contributed by atoms with Crippen LogP contribution < -0.4 is 4.90 Å². The Morgan fingerprint density at radius 1 is 1.53 bits per heavy atom. The molecule has 0 saturated heterocycles. The molecule has 0 radical (unpaired) electrons. The summed E-state index contributed by atoms with van der Waals surface area (Å²) < 4.78 is 0. The van der Waals surface area contributed by atoms with Crippen LogP contribution in [0.25, 0.3) is 0 Å². The van der Waals surface area contributed by atoms with E-state index in [1.54, 1.807) is 12.1 Å². The maximum atomic E-state index is 10.7. The van der Waals surface area contributed by atoms with E-state index < -0.39 is 4.92 Å². The molecule has 1 saturated carbocycles. The molecular weight excluding hydrogens is 220 g/mol. The van der Waals surface area contributed by atoms with Gasteiger partial charge in [-0.2, -0.15) is 0 Å². The minimum absolute atomic E-state index is 0.0175. The van der Waals surface area contributed by atoms with Gasteiger partial charge in [-0.3, -0.25) is 10.1 Å². The van der Waals surface area contributed by atoms with Crippen molar-refractivity contribution in [2.24, 2.45) is 5.92 Å². The van der Waals surface area contributed by atoms with Gasteiger partial charge in [0.25, 0.3) is 5.69 Å². The molecule has 2 rings (SSSR count). The molecule has 1 aromatic carbocycles. The summed E-state index contributed by atoms with van der Waals surface area (Å²) in [7, 11) is 1.97. The molecule has 1 aliphatic rings. The van der Waals surface area contributed by atoms with Crippen molar-refractivity contribution in [3.05, 3.63) is 33.9 Å². The van der Waals surface area contributed by atoms with Gasteiger partial charge >= 0.3 is 0 Å². The Balaban J connectivity index is 2.20. The lowest BCUT2D eigenvalue weighted by atomic mass is 10.1. The van der Waals surface area contributed by atoms with Crippen molar-refractivity contribution >= 4 is 11.4 Å². The van der Waals surface area contributed by atoms with Crippen LogP contribution in [0.2, 0.25) is 0 Å². The van der Waals surface area contributed by atoms with Gasteiger partial charge in [-0.05, 0) is 30.9 Å². The van der Waals surface area contributed by atoms with Crippen LogP contribution in [0, 0.1) is 16.0 Å². The Morgan fingerprint density at radius 2 is 2.24 bits per heavy atom. The van der Waals surface area contributed by atoms with Crippen molar-refractivity contribution in [2.75, 3.05) is 18.5 Å². The molecule has 5 nitrogen and oxygen atoms in total. The number of nitrogens with zero attached hydrogens (tertiary/aromatic N) is 2. The second kappa shape index (κ2) is 4.71. The molecular formula is C12H16N2O3. The highest BCUT2D eigenvalue weighted by atomic mass is 16.6. The molecule has 0 atom stereocenters. The lowest BCUT2D eigenvalue weighted by Crippen LogP contribution is -2.20. The average molecular weight is 236 g/mol. The third-order valence-electron chi connectivity index (χ3n) is 3.10. The first-order chi connectivity index (χ1) is 8.11. The SMILES string of the molecule is CN(CC1CC1)c1ccc([N+](=O)[O-])c(CO)c1. The van der Waals surface area contributed by atoms with Crippen LogP contribution in [-0.4, -0.2) is 23.6 Å². The van der Waals surface area contributed by atoms with Crippen molar-refractivity contribution in [2.45, 2.75) is 19.4 Å². The zero-order valence-electron chi connectivity index (χ0n) is 9.80. The van der Waals surface area contributed by atoms with Crippen LogP contribution in [0.15, 0.2) is 18.2 Å². The van der Waals surface area contributed by atoms with Gasteiger partial charge in [0, 0.05) is 25.3 Å². The quantitative estimate of drug-likeness (QED) is 0.626. The Morgan fingerprint density at radius 3 is 2.76 bits per heavy atom. The number of nitro benzene ring substituents is 1. The Hall–Kier alpha value is -1.62. The highest BCUT2D eigenvalue weighted by Crippen LogP contribution is 2.32. The number of hydrogen-bond donors (Lipinski definition) is 1. The molecule has 1 aromatic rings. The standard InChI is InChI=1S/C12H16N2O3/c1-13(7-9-2-3-9)11-4-5-12(14(16)17)10(6-11)8-15/h4-6,9,15H,2-3,7-8H2,1H3. The predicted octanol–water partition coefficient (Wildman–Crippen LogP) is 1.93. The van der Waals surface area contributed by atoms with E-state index in [0.29, 0.717) is 5.56 Å². The van der Waals surface area contributed by atoms with Gasteiger partial charge in [-0.1, -0.05) is 0 Å². The van der Waals surface area contributed by atoms with Gasteiger partial charge in [0.15, 0.2) is 0 Å². The van der Waals surface area contributed by atoms with Gasteiger partial charge < -0.3 is 10.0 Å². The van der Waals surface area contributed by atoms with Gasteiger partial charge in [-0.25, -0.2) is 0 Å². The van der Waals surface area contributed by atoms with Crippen molar-refractivity contribution in [3.63, 3.8) is 0 Å². The first kappa shape index (κ1) is 11.9. The third kappa shape index (κ3) is 2.74. The summed E-state index contributed by atoms with van der Waals surface area (Å²) in [6, 6.07) is 4.89. The molecule has 0 heterocycles. The molecule has 1 N–H and O–H groups in total. The van der Waals surface area contributed by atoms with E-state index in [2.05, 4.69) is 4.90 Å². The number of rotatable bonds is 5. The fraction of sp³-hybridized carbons (Fsp3) is 0.500. The topological polar surface area (TPSA) is 66.6 Å². The second-order valence-corrected chi connectivity index (χ2v) is 4.55. The predicted molar refractivity (Wildman–Crippen MR) is 65.0 cm³/mol. The highest BCUT2D eigenvalue weighted by Gasteiger charge is 2.23. The average Bonchev–Trinajstić information content (AvgIpc) is 3.11. The van der Waals surface area contributed by atoms with E-state index in [-0.39, 0.29) is 12.3 Å². The van der Waals surface area contributed by atoms with Crippen LogP contribution in [0.3, 0.4) is 0 Å². The summed E-state index contributed by atoms with van der Waals surface area (Å²) in [6.45, 7) is 0.671. The number of aliphatic hydroxyl groups is 1. The van der Waals surface area contributed by atoms with Crippen LogP contribution in [0.1, 0.15) is 18.4 Å². The first-order valence-electron chi connectivity index (χ1n) is 5.71. The van der Waals surface area contributed by atoms with Crippen LogP contribution in [0.4, 0.5) is 11.4 Å². The van der Waals surface area contributed by atoms with Crippen LogP contribution >= 0.6 is 0 Å². The Bertz CT molecular complexity index is 430. The maximum Gasteiger partial charge on any atom is 0.275 e. The number of anilines is 1. The third-order valence-corrected chi connectivity index (χ3v) is 3.10. The molecule has 0 aromatic heterocycles. The normalized spacial score (nSPS) is 14.7. The summed E-state index contributed by atoms with van der Waals surface area (Å²) >= 11 is 0. The van der Waals surface area contributed by atoms with E-state index in [4.69, 9.17) is 5.11 Å². The molecule has 0 bridgehead atoms. The minimum atomic E-state index is -0.462. The Labute approximate surface area is 99.8 Å². The zero-order chi connectivity index (χ0) is 12.4. The number of nitro groups is 1. The van der Waals surface area contributed by atoms with E-state index in [1.165, 1.54) is 18.9 Å². The lowest BCUT2D eigenvalue weighted by molar-refractivity contribution is -0.385. The summed E-state index contributed by atoms with van der Waals surface area (Å²) in [5.74, 6) is 0.757. The minimum Gasteiger partial charge on any atom is -0.391 e. The fourth-order valence-corrected chi connectivity index (χ4v) is 1.91. The second-order valence-electron chi connectivity index (χ2n) is 4.55. The van der Waals surface area contributed by atoms with E-state index in [0.717, 1.165) is 18.2 Å². The van der Waals surface area contributed by atoms with Gasteiger partial charge in [0.1, 0.15) is 0 Å². The van der Waals surface area contributed by atoms with Gasteiger partial charge in [0.2, 0.25) is 0 Å². The number of benzene rings is 1. The summed E-state index contributed by atoms with van der Waals surface area (Å²) in [6.07, 6.45) is 2.54. The summed E-state index contributed by atoms with van der Waals surface area (Å²) in [5.41, 5.74) is 1.28. The fourth-order valence-electron chi connectivity index (χ4n) is 1.91. The Kier molecular flexibility index (Phi) is 3.28. The smallest absolute Gasteiger partial charge is 0.275 e. The molecule has 0 unspecified atom stereocenters. The summed E-state index contributed by atoms with van der Waals surface area (Å²) in [4.78, 5) is 12.4. The van der Waals surface area contributed by atoms with Gasteiger partial charge in [-0.15, -0.1) is 0 Å². The lowest BCUT2D eigenvalue weighted by Gasteiger charge is -2.19. The monoisotopic (exact) mass is 236 g/mol. The molecule has 0 amide bonds. The molecule has 1 fully saturated rings. The molecule has 0 spiro atoms. The van der Waals surface area contributed by atoms with Gasteiger partial charge in [0.05, 0.1) is 17.1 Å². The van der Waals surface area contributed by atoms with Crippen molar-refractivity contribution in [3.8, 4) is 0 Å². The van der Waals surface area contributed by atoms with Crippen molar-refractivity contribution < 1.29 is 10.0 Å². The van der Waals surface area contributed by atoms with Crippen molar-refractivity contribution in [1.29, 1.82) is 0 Å². The molecule has 5 heteroatoms. The van der Waals surface area contributed by atoms with Crippen LogP contribution in [0.5, 0.6) is 0 Å². The molecule has 0 aliphatic heterocycles. The molecule has 1 aliphatic carbocycles. The number of aliphatic hydroxyl groups excluding tert-OH is 1. The summed E-state index contributed by atoms with van der Waals surface area (Å²) in [5, 5.41) is 19.9. The highest BCUT2D eigenvalue weighted by molar-refractivity contribution is 5.55. The van der Waals surface area contributed by atoms with E-state index in [9.17, 15) is 10.1 Å². The van der Waals surface area contributed by atoms with Crippen LogP contribution in [-0.2, 0) is 6.61 Å². The first-order valence-corrected chi connectivity index (χ1v) is 5.71. The maximum absolute atomic E-state index is 10.7. The molecule has 17 heavy (non-hydrogen) atoms. The number of hydrogen-bond acceptors (Lipinski definition) is 4. The van der Waals surface area contributed by atoms with E-state index in [1.807, 2.05) is 7.05 Å². The van der Waals surface area contributed by atoms with Crippen molar-refractivity contribution in [1.82, 2.24) is 0 Å². The largest absolute Gasteiger partial charge is 0.391 e.